The van der Waals surface area contributed by atoms with Crippen LogP contribution in [0.4, 0.5) is 18.3 Å². The first kappa shape index (κ1) is 12.7. The van der Waals surface area contributed by atoms with Crippen molar-refractivity contribution in [3.63, 3.8) is 0 Å². The second-order valence-corrected chi connectivity index (χ2v) is 4.33. The molecular weight excluding hydrogens is 265 g/mol. The Kier molecular flexibility index (Phi) is 3.46. The van der Waals surface area contributed by atoms with Crippen LogP contribution in [0.15, 0.2) is 24.5 Å². The highest BCUT2D eigenvalue weighted by molar-refractivity contribution is 7.09. The molecular formula is C10H9F3N4S. The molecule has 96 valence electrons. The molecule has 0 bridgehead atoms. The summed E-state index contributed by atoms with van der Waals surface area (Å²) in [6.07, 6.45) is -1.24. The van der Waals surface area contributed by atoms with Gasteiger partial charge in [-0.15, -0.1) is 0 Å². The van der Waals surface area contributed by atoms with Crippen LogP contribution in [0.5, 0.6) is 0 Å². The van der Waals surface area contributed by atoms with Gasteiger partial charge in [-0.25, -0.2) is 0 Å². The van der Waals surface area contributed by atoms with Gasteiger partial charge in [0.15, 0.2) is 0 Å². The average Bonchev–Trinajstić information content (AvgIpc) is 2.78. The van der Waals surface area contributed by atoms with Crippen LogP contribution in [-0.2, 0) is 6.18 Å². The second-order valence-electron chi connectivity index (χ2n) is 3.57. The van der Waals surface area contributed by atoms with Crippen molar-refractivity contribution in [3.05, 3.63) is 35.9 Å². The Hall–Kier alpha value is -1.70. The highest BCUT2D eigenvalue weighted by Gasteiger charge is 2.36. The van der Waals surface area contributed by atoms with E-state index in [4.69, 9.17) is 0 Å². The maximum Gasteiger partial charge on any atom is 0.452 e. The fraction of sp³-hybridized carbons (Fsp3) is 0.300. The molecule has 0 radical (unpaired) electrons. The zero-order chi connectivity index (χ0) is 13.2. The normalized spacial score (nSPS) is 13.3. The lowest BCUT2D eigenvalue weighted by atomic mass is 10.1. The topological polar surface area (TPSA) is 50.7 Å². The molecule has 0 spiro atoms. The summed E-state index contributed by atoms with van der Waals surface area (Å²) in [5.74, 6) is -1.12. The van der Waals surface area contributed by atoms with Gasteiger partial charge < -0.3 is 5.32 Å². The van der Waals surface area contributed by atoms with Crippen LogP contribution >= 0.6 is 11.5 Å². The van der Waals surface area contributed by atoms with Gasteiger partial charge in [-0.05, 0) is 18.6 Å². The Bertz CT molecular complexity index is 511. The molecule has 0 aliphatic rings. The maximum absolute atomic E-state index is 12.3. The highest BCUT2D eigenvalue weighted by Crippen LogP contribution is 2.30. The molecule has 1 N–H and O–H groups in total. The van der Waals surface area contributed by atoms with Gasteiger partial charge >= 0.3 is 6.18 Å². The van der Waals surface area contributed by atoms with E-state index in [1.54, 1.807) is 18.5 Å². The Labute approximate surface area is 105 Å². The van der Waals surface area contributed by atoms with Crippen molar-refractivity contribution in [2.75, 3.05) is 5.32 Å². The monoisotopic (exact) mass is 274 g/mol. The van der Waals surface area contributed by atoms with Gasteiger partial charge in [0.05, 0.1) is 6.04 Å². The van der Waals surface area contributed by atoms with Gasteiger partial charge in [-0.1, -0.05) is 6.07 Å². The van der Waals surface area contributed by atoms with E-state index in [0.717, 1.165) is 5.56 Å². The second kappa shape index (κ2) is 4.89. The minimum atomic E-state index is -4.51. The van der Waals surface area contributed by atoms with E-state index in [9.17, 15) is 13.2 Å². The van der Waals surface area contributed by atoms with Crippen molar-refractivity contribution in [1.82, 2.24) is 14.3 Å². The van der Waals surface area contributed by atoms with Gasteiger partial charge in [0.2, 0.25) is 11.0 Å². The minimum absolute atomic E-state index is 0.138. The molecule has 0 amide bonds. The first-order chi connectivity index (χ1) is 8.47. The molecule has 2 heterocycles. The Morgan fingerprint density at radius 1 is 1.39 bits per heavy atom. The van der Waals surface area contributed by atoms with E-state index >= 15 is 0 Å². The molecule has 0 aliphatic carbocycles. The third kappa shape index (κ3) is 2.95. The molecule has 0 aromatic carbocycles. The third-order valence-corrected chi connectivity index (χ3v) is 2.85. The van der Waals surface area contributed by atoms with Crippen molar-refractivity contribution >= 4 is 16.7 Å². The predicted octanol–water partition coefficient (Wildman–Crippen LogP) is 3.13. The van der Waals surface area contributed by atoms with Crippen LogP contribution in [0.1, 0.15) is 24.4 Å². The number of hydrogen-bond acceptors (Lipinski definition) is 5. The van der Waals surface area contributed by atoms with Gasteiger partial charge in [-0.2, -0.15) is 22.5 Å². The molecule has 0 saturated heterocycles. The SMILES string of the molecule is CC(Nc1nc(C(F)(F)F)ns1)c1cccnc1. The van der Waals surface area contributed by atoms with Crippen molar-refractivity contribution < 1.29 is 13.2 Å². The summed E-state index contributed by atoms with van der Waals surface area (Å²) in [5.41, 5.74) is 0.862. The number of aromatic nitrogens is 3. The molecule has 2 aromatic rings. The third-order valence-electron chi connectivity index (χ3n) is 2.20. The van der Waals surface area contributed by atoms with E-state index < -0.39 is 12.0 Å². The Morgan fingerprint density at radius 3 is 2.72 bits per heavy atom. The van der Waals surface area contributed by atoms with Crippen molar-refractivity contribution in [3.8, 4) is 0 Å². The summed E-state index contributed by atoms with van der Waals surface area (Å²) in [6, 6.07) is 3.40. The van der Waals surface area contributed by atoms with Crippen LogP contribution in [0.2, 0.25) is 0 Å². The van der Waals surface area contributed by atoms with Crippen LogP contribution in [0.25, 0.3) is 0 Å². The molecule has 1 unspecified atom stereocenters. The summed E-state index contributed by atoms with van der Waals surface area (Å²) < 4.78 is 40.2. The zero-order valence-electron chi connectivity index (χ0n) is 9.27. The van der Waals surface area contributed by atoms with Gasteiger partial charge in [0.25, 0.3) is 0 Å². The fourth-order valence-corrected chi connectivity index (χ4v) is 1.97. The molecule has 1 atom stereocenters. The first-order valence-electron chi connectivity index (χ1n) is 5.04. The number of anilines is 1. The number of pyridine rings is 1. The number of halogens is 3. The standard InChI is InChI=1S/C10H9F3N4S/c1-6(7-3-2-4-14-5-7)15-9-16-8(17-18-9)10(11,12)13/h2-6H,1H3,(H,15,16,17). The van der Waals surface area contributed by atoms with Crippen LogP contribution in [0, 0.1) is 0 Å². The van der Waals surface area contributed by atoms with Crippen LogP contribution in [0.3, 0.4) is 0 Å². The quantitative estimate of drug-likeness (QED) is 0.934. The molecule has 2 aromatic heterocycles. The number of rotatable bonds is 3. The van der Waals surface area contributed by atoms with E-state index in [1.807, 2.05) is 13.0 Å². The zero-order valence-corrected chi connectivity index (χ0v) is 10.1. The largest absolute Gasteiger partial charge is 0.452 e. The van der Waals surface area contributed by atoms with Gasteiger partial charge in [-0.3, -0.25) is 4.98 Å². The predicted molar refractivity (Wildman–Crippen MR) is 61.2 cm³/mol. The van der Waals surface area contributed by atoms with Crippen molar-refractivity contribution in [1.29, 1.82) is 0 Å². The fourth-order valence-electron chi connectivity index (χ4n) is 1.30. The lowest BCUT2D eigenvalue weighted by Crippen LogP contribution is -2.09. The Morgan fingerprint density at radius 2 is 2.17 bits per heavy atom. The summed E-state index contributed by atoms with van der Waals surface area (Å²) >= 11 is 0.687. The number of nitrogens with zero attached hydrogens (tertiary/aromatic N) is 3. The van der Waals surface area contributed by atoms with Gasteiger partial charge in [0.1, 0.15) is 0 Å². The molecule has 4 nitrogen and oxygen atoms in total. The summed E-state index contributed by atoms with van der Waals surface area (Å²) in [5, 5.41) is 2.99. The average molecular weight is 274 g/mol. The lowest BCUT2D eigenvalue weighted by molar-refractivity contribution is -0.144. The van der Waals surface area contributed by atoms with Gasteiger partial charge in [0, 0.05) is 23.9 Å². The van der Waals surface area contributed by atoms with Crippen molar-refractivity contribution in [2.45, 2.75) is 19.1 Å². The highest BCUT2D eigenvalue weighted by atomic mass is 32.1. The molecule has 0 aliphatic heterocycles. The summed E-state index contributed by atoms with van der Waals surface area (Å²) in [7, 11) is 0. The van der Waals surface area contributed by atoms with E-state index in [1.165, 1.54) is 0 Å². The molecule has 0 fully saturated rings. The van der Waals surface area contributed by atoms with E-state index in [-0.39, 0.29) is 11.2 Å². The lowest BCUT2D eigenvalue weighted by Gasteiger charge is -2.11. The summed E-state index contributed by atoms with van der Waals surface area (Å²) in [6.45, 7) is 1.81. The van der Waals surface area contributed by atoms with E-state index in [0.29, 0.717) is 11.5 Å². The Balaban J connectivity index is 2.08. The first-order valence-corrected chi connectivity index (χ1v) is 5.81. The van der Waals surface area contributed by atoms with Crippen LogP contribution in [-0.4, -0.2) is 14.3 Å². The molecule has 8 heteroatoms. The van der Waals surface area contributed by atoms with Crippen molar-refractivity contribution in [2.24, 2.45) is 0 Å². The molecule has 0 saturated carbocycles. The van der Waals surface area contributed by atoms with E-state index in [2.05, 4.69) is 19.7 Å². The maximum atomic E-state index is 12.3. The number of hydrogen-bond donors (Lipinski definition) is 1. The van der Waals surface area contributed by atoms with Crippen LogP contribution < -0.4 is 5.32 Å². The number of alkyl halides is 3. The molecule has 18 heavy (non-hydrogen) atoms. The number of nitrogens with one attached hydrogen (secondary N) is 1. The minimum Gasteiger partial charge on any atom is -0.354 e. The summed E-state index contributed by atoms with van der Waals surface area (Å²) in [4.78, 5) is 7.34. The smallest absolute Gasteiger partial charge is 0.354 e. The molecule has 2 rings (SSSR count).